The number of rotatable bonds is 5. The molecule has 1 atom stereocenters. The quantitative estimate of drug-likeness (QED) is 0.593. The first kappa shape index (κ1) is 21.4. The average molecular weight is 436 g/mol. The molecule has 1 aliphatic heterocycles. The number of anilines is 1. The van der Waals surface area contributed by atoms with Crippen LogP contribution in [0.15, 0.2) is 46.0 Å². The smallest absolute Gasteiger partial charge is 0.332 e. The zero-order chi connectivity index (χ0) is 23.0. The van der Waals surface area contributed by atoms with Crippen LogP contribution in [0.5, 0.6) is 0 Å². The first-order chi connectivity index (χ1) is 15.3. The van der Waals surface area contributed by atoms with E-state index in [-0.39, 0.29) is 28.7 Å². The van der Waals surface area contributed by atoms with Crippen molar-refractivity contribution in [3.63, 3.8) is 0 Å². The molecule has 10 nitrogen and oxygen atoms in total. The zero-order valence-electron chi connectivity index (χ0n) is 17.9. The van der Waals surface area contributed by atoms with E-state index in [2.05, 4.69) is 10.3 Å². The lowest BCUT2D eigenvalue weighted by atomic mass is 10.1. The highest BCUT2D eigenvalue weighted by Gasteiger charge is 2.28. The molecule has 0 spiro atoms. The van der Waals surface area contributed by atoms with Gasteiger partial charge in [0.2, 0.25) is 5.91 Å². The highest BCUT2D eigenvalue weighted by molar-refractivity contribution is 6.03. The number of nitrogens with one attached hydrogen (secondary N) is 1. The number of primary amides is 1. The summed E-state index contributed by atoms with van der Waals surface area (Å²) < 4.78 is 2.23. The van der Waals surface area contributed by atoms with Crippen molar-refractivity contribution in [2.45, 2.75) is 25.4 Å². The fraction of sp³-hybridized carbons (Fsp3) is 0.318. The molecule has 166 valence electrons. The number of carbonyl (C=O) groups excluding carboxylic acids is 2. The summed E-state index contributed by atoms with van der Waals surface area (Å²) in [6.07, 6.45) is 1.67. The zero-order valence-corrected chi connectivity index (χ0v) is 17.9. The summed E-state index contributed by atoms with van der Waals surface area (Å²) >= 11 is 0. The van der Waals surface area contributed by atoms with Crippen LogP contribution in [0.4, 0.5) is 5.69 Å². The number of amides is 2. The fourth-order valence-electron chi connectivity index (χ4n) is 4.10. The molecule has 3 aromatic rings. The topological polar surface area (TPSA) is 132 Å². The van der Waals surface area contributed by atoms with Gasteiger partial charge in [0.15, 0.2) is 0 Å². The number of pyridine rings is 1. The van der Waals surface area contributed by atoms with Crippen molar-refractivity contribution >= 4 is 28.5 Å². The average Bonchev–Trinajstić information content (AvgIpc) is 3.24. The Labute approximate surface area is 183 Å². The van der Waals surface area contributed by atoms with Crippen molar-refractivity contribution < 1.29 is 9.59 Å². The summed E-state index contributed by atoms with van der Waals surface area (Å²) in [6.45, 7) is 1.35. The molecule has 0 saturated carbocycles. The lowest BCUT2D eigenvalue weighted by molar-refractivity contribution is -0.122. The SMILES string of the molecule is Cn1c(=O)c2ccc(C(=O)Nc3cccc(CN4CCCC4C(N)=O)c3)nc2n(C)c1=O. The number of benzene rings is 1. The second-order valence-electron chi connectivity index (χ2n) is 7.96. The molecule has 0 bridgehead atoms. The largest absolute Gasteiger partial charge is 0.368 e. The highest BCUT2D eigenvalue weighted by Crippen LogP contribution is 2.21. The molecule has 1 aliphatic rings. The molecule has 1 aromatic carbocycles. The predicted octanol–water partition coefficient (Wildman–Crippen LogP) is 0.334. The number of nitrogens with zero attached hydrogens (tertiary/aromatic N) is 4. The molecule has 1 fully saturated rings. The Hall–Kier alpha value is -3.79. The van der Waals surface area contributed by atoms with E-state index in [1.165, 1.54) is 30.8 Å². The van der Waals surface area contributed by atoms with Gasteiger partial charge >= 0.3 is 5.69 Å². The van der Waals surface area contributed by atoms with Gasteiger partial charge in [-0.3, -0.25) is 28.4 Å². The fourth-order valence-corrected chi connectivity index (χ4v) is 4.10. The first-order valence-corrected chi connectivity index (χ1v) is 10.3. The van der Waals surface area contributed by atoms with Gasteiger partial charge < -0.3 is 11.1 Å². The van der Waals surface area contributed by atoms with Crippen LogP contribution in [-0.2, 0) is 25.4 Å². The van der Waals surface area contributed by atoms with Crippen molar-refractivity contribution in [3.05, 3.63) is 68.5 Å². The number of fused-ring (bicyclic) bond motifs is 1. The van der Waals surface area contributed by atoms with Crippen LogP contribution >= 0.6 is 0 Å². The third-order valence-corrected chi connectivity index (χ3v) is 5.80. The number of aromatic nitrogens is 3. The van der Waals surface area contributed by atoms with Crippen molar-refractivity contribution in [2.24, 2.45) is 19.8 Å². The highest BCUT2D eigenvalue weighted by atomic mass is 16.2. The molecule has 32 heavy (non-hydrogen) atoms. The van der Waals surface area contributed by atoms with E-state index in [0.717, 1.165) is 29.5 Å². The second kappa shape index (κ2) is 8.39. The van der Waals surface area contributed by atoms with E-state index in [1.54, 1.807) is 6.07 Å². The van der Waals surface area contributed by atoms with Gasteiger partial charge in [0.05, 0.1) is 11.4 Å². The summed E-state index contributed by atoms with van der Waals surface area (Å²) in [5, 5.41) is 3.05. The lowest BCUT2D eigenvalue weighted by Crippen LogP contribution is -2.39. The van der Waals surface area contributed by atoms with Crippen molar-refractivity contribution in [3.8, 4) is 0 Å². The summed E-state index contributed by atoms with van der Waals surface area (Å²) in [5.41, 5.74) is 6.25. The summed E-state index contributed by atoms with van der Waals surface area (Å²) in [5.74, 6) is -0.785. The maximum atomic E-state index is 12.8. The number of hydrogen-bond acceptors (Lipinski definition) is 6. The van der Waals surface area contributed by atoms with Crippen LogP contribution in [0, 0.1) is 0 Å². The molecule has 3 N–H and O–H groups in total. The molecule has 0 radical (unpaired) electrons. The Kier molecular flexibility index (Phi) is 5.62. The normalized spacial score (nSPS) is 16.4. The minimum atomic E-state index is -0.517. The van der Waals surface area contributed by atoms with Crippen molar-refractivity contribution in [2.75, 3.05) is 11.9 Å². The minimum Gasteiger partial charge on any atom is -0.368 e. The number of nitrogens with two attached hydrogens (primary N) is 1. The van der Waals surface area contributed by atoms with Crippen molar-refractivity contribution in [1.82, 2.24) is 19.0 Å². The van der Waals surface area contributed by atoms with E-state index in [0.29, 0.717) is 12.2 Å². The third kappa shape index (κ3) is 3.92. The van der Waals surface area contributed by atoms with Gasteiger partial charge in [-0.25, -0.2) is 9.78 Å². The lowest BCUT2D eigenvalue weighted by Gasteiger charge is -2.22. The Balaban J connectivity index is 1.56. The minimum absolute atomic E-state index is 0.0829. The van der Waals surface area contributed by atoms with E-state index in [1.807, 2.05) is 23.1 Å². The number of carbonyl (C=O) groups is 2. The second-order valence-corrected chi connectivity index (χ2v) is 7.96. The molecule has 1 saturated heterocycles. The molecule has 2 amide bonds. The van der Waals surface area contributed by atoms with Gasteiger partial charge in [-0.2, -0.15) is 0 Å². The van der Waals surface area contributed by atoms with Crippen LogP contribution in [0.25, 0.3) is 11.0 Å². The van der Waals surface area contributed by atoms with Gasteiger partial charge in [0, 0.05) is 26.3 Å². The standard InChI is InChI=1S/C22H24N6O4/c1-26-19-15(21(31)27(2)22(26)32)8-9-16(25-19)20(30)24-14-6-3-5-13(11-14)12-28-10-4-7-17(28)18(23)29/h3,5-6,8-9,11,17H,4,7,10,12H2,1-2H3,(H2,23,29)(H,24,30). The molecular weight excluding hydrogens is 412 g/mol. The van der Waals surface area contributed by atoms with Gasteiger partial charge in [0.25, 0.3) is 11.5 Å². The molecule has 1 unspecified atom stereocenters. The summed E-state index contributed by atoms with van der Waals surface area (Å²) in [7, 11) is 2.89. The van der Waals surface area contributed by atoms with Gasteiger partial charge in [-0.05, 0) is 49.2 Å². The van der Waals surface area contributed by atoms with Crippen LogP contribution < -0.4 is 22.3 Å². The molecular formula is C22H24N6O4. The van der Waals surface area contributed by atoms with Crippen LogP contribution in [-0.4, -0.2) is 43.4 Å². The number of hydrogen-bond donors (Lipinski definition) is 2. The Morgan fingerprint density at radius 1 is 1.16 bits per heavy atom. The van der Waals surface area contributed by atoms with Crippen LogP contribution in [0.2, 0.25) is 0 Å². The molecule has 10 heteroatoms. The van der Waals surface area contributed by atoms with E-state index in [4.69, 9.17) is 5.73 Å². The van der Waals surface area contributed by atoms with E-state index < -0.39 is 17.2 Å². The Morgan fingerprint density at radius 3 is 2.69 bits per heavy atom. The number of aryl methyl sites for hydroxylation is 1. The monoisotopic (exact) mass is 436 g/mol. The Bertz CT molecular complexity index is 1340. The van der Waals surface area contributed by atoms with Crippen molar-refractivity contribution in [1.29, 1.82) is 0 Å². The van der Waals surface area contributed by atoms with E-state index in [9.17, 15) is 19.2 Å². The molecule has 3 heterocycles. The van der Waals surface area contributed by atoms with Gasteiger partial charge in [0.1, 0.15) is 11.3 Å². The van der Waals surface area contributed by atoms with Gasteiger partial charge in [-0.15, -0.1) is 0 Å². The first-order valence-electron chi connectivity index (χ1n) is 10.3. The third-order valence-electron chi connectivity index (χ3n) is 5.80. The molecule has 2 aromatic heterocycles. The van der Waals surface area contributed by atoms with E-state index >= 15 is 0 Å². The maximum Gasteiger partial charge on any atom is 0.332 e. The molecule has 4 rings (SSSR count). The van der Waals surface area contributed by atoms with Gasteiger partial charge in [-0.1, -0.05) is 12.1 Å². The van der Waals surface area contributed by atoms with Crippen LogP contribution in [0.3, 0.4) is 0 Å². The number of likely N-dealkylation sites (tertiary alicyclic amines) is 1. The van der Waals surface area contributed by atoms with Crippen LogP contribution in [0.1, 0.15) is 28.9 Å². The predicted molar refractivity (Wildman–Crippen MR) is 119 cm³/mol. The summed E-state index contributed by atoms with van der Waals surface area (Å²) in [6, 6.07) is 10.0. The summed E-state index contributed by atoms with van der Waals surface area (Å²) in [4.78, 5) is 55.2. The maximum absolute atomic E-state index is 12.8. The molecule has 0 aliphatic carbocycles. The Morgan fingerprint density at radius 2 is 1.94 bits per heavy atom.